The quantitative estimate of drug-likeness (QED) is 0.112. The van der Waals surface area contributed by atoms with Crippen molar-refractivity contribution in [3.63, 3.8) is 0 Å². The van der Waals surface area contributed by atoms with Gasteiger partial charge in [-0.2, -0.15) is 0 Å². The van der Waals surface area contributed by atoms with Gasteiger partial charge in [-0.3, -0.25) is 0 Å². The Hall–Kier alpha value is -19.8. The lowest BCUT2D eigenvalue weighted by atomic mass is 9.93. The van der Waals surface area contributed by atoms with Crippen LogP contribution in [0.2, 0.25) is 0 Å². The second-order valence-corrected chi connectivity index (χ2v) is 37.5. The Morgan fingerprint density at radius 2 is 0.359 bits per heavy atom. The van der Waals surface area contributed by atoms with Crippen molar-refractivity contribution in [2.24, 2.45) is 0 Å². The summed E-state index contributed by atoms with van der Waals surface area (Å²) in [4.78, 5) is 30.4. The molecule has 22 aromatic carbocycles. The summed E-state index contributed by atoms with van der Waals surface area (Å²) in [5.41, 5.74) is 27.3. The maximum absolute atomic E-state index is 7.21. The topological polar surface area (TPSA) is 120 Å². The van der Waals surface area contributed by atoms with Crippen LogP contribution in [0, 0.1) is 0 Å². The average Bonchev–Trinajstić information content (AvgIpc) is 1.59. The summed E-state index contributed by atoms with van der Waals surface area (Å²) in [6.45, 7) is 0. The molecular weight excluding hydrogens is 1770 g/mol. The van der Waals surface area contributed by atoms with Gasteiger partial charge in [-0.1, -0.05) is 334 Å². The molecule has 0 aliphatic rings. The normalized spacial score (nSPS) is 12.0. The first-order chi connectivity index (χ1) is 71.9. The smallest absolute Gasteiger partial charge is 0.167 e. The number of hydrogen-bond acceptors (Lipinski definition) is 7. The minimum atomic E-state index is 0.547. The number of nitrogens with zero attached hydrogens (tertiary/aromatic N) is 12. The lowest BCUT2D eigenvalue weighted by Gasteiger charge is -2.15. The van der Waals surface area contributed by atoms with Gasteiger partial charge in [-0.05, 0) is 184 Å². The van der Waals surface area contributed by atoms with Gasteiger partial charge in [0.05, 0.1) is 77.5 Å². The Morgan fingerprint density at radius 3 is 0.690 bits per heavy atom. The van der Waals surface area contributed by atoms with Gasteiger partial charge >= 0.3 is 0 Å². The predicted molar refractivity (Wildman–Crippen MR) is 598 cm³/mol. The molecule has 0 unspecified atom stereocenters. The predicted octanol–water partition coefficient (Wildman–Crippen LogP) is 33.7. The van der Waals surface area contributed by atoms with Gasteiger partial charge in [-0.25, -0.2) is 29.9 Å². The Balaban J connectivity index is 0.000000135. The average molecular weight is 1850 g/mol. The van der Waals surface area contributed by atoms with E-state index in [0.717, 1.165) is 128 Å². The molecule has 0 bridgehead atoms. The van der Waals surface area contributed by atoms with Gasteiger partial charge in [0, 0.05) is 132 Å². The van der Waals surface area contributed by atoms with E-state index in [4.69, 9.17) is 34.3 Å². The van der Waals surface area contributed by atoms with Crippen molar-refractivity contribution in [3.05, 3.63) is 485 Å². The molecule has 13 nitrogen and oxygen atoms in total. The van der Waals surface area contributed by atoms with Crippen LogP contribution in [-0.4, -0.2) is 57.3 Å². The Bertz CT molecular complexity index is 10100. The molecule has 31 aromatic rings. The number of benzene rings is 22. The van der Waals surface area contributed by atoms with Gasteiger partial charge in [0.1, 0.15) is 5.58 Å². The van der Waals surface area contributed by atoms with Crippen molar-refractivity contribution >= 4 is 185 Å². The molecule has 31 rings (SSSR count). The van der Waals surface area contributed by atoms with Crippen LogP contribution in [0.25, 0.3) is 288 Å². The highest BCUT2D eigenvalue weighted by atomic mass is 16.3. The van der Waals surface area contributed by atoms with E-state index < -0.39 is 0 Å². The Labute approximate surface area is 828 Å². The van der Waals surface area contributed by atoms with Crippen LogP contribution >= 0.6 is 0 Å². The minimum absolute atomic E-state index is 0.547. The van der Waals surface area contributed by atoms with Gasteiger partial charge < -0.3 is 31.8 Å². The van der Waals surface area contributed by atoms with E-state index in [0.29, 0.717) is 34.9 Å². The third kappa shape index (κ3) is 12.8. The molecule has 0 aliphatic heterocycles. The third-order valence-corrected chi connectivity index (χ3v) is 29.5. The third-order valence-electron chi connectivity index (χ3n) is 29.5. The van der Waals surface area contributed by atoms with Crippen molar-refractivity contribution in [3.8, 4) is 102 Å². The molecule has 674 valence electrons. The second-order valence-electron chi connectivity index (χ2n) is 37.5. The summed E-state index contributed by atoms with van der Waals surface area (Å²) in [7, 11) is 0. The van der Waals surface area contributed by atoms with Crippen LogP contribution in [-0.2, 0) is 0 Å². The van der Waals surface area contributed by atoms with Crippen LogP contribution in [0.4, 0.5) is 0 Å². The van der Waals surface area contributed by atoms with Crippen LogP contribution in [0.3, 0.4) is 0 Å². The molecule has 0 atom stereocenters. The molecule has 9 aromatic heterocycles. The second kappa shape index (κ2) is 32.4. The molecule has 9 heterocycles. The van der Waals surface area contributed by atoms with Crippen LogP contribution in [0.5, 0.6) is 0 Å². The monoisotopic (exact) mass is 1850 g/mol. The number of para-hydroxylation sites is 10. The molecule has 0 spiro atoms. The number of fused-ring (bicyclic) bond motifs is 27. The summed E-state index contributed by atoms with van der Waals surface area (Å²) in [6, 6.07) is 173. The van der Waals surface area contributed by atoms with Gasteiger partial charge in [0.25, 0.3) is 0 Å². The standard InChI is InChI=1S/C69H42N6.C63H38N6O/c1-3-17-43(18-4-1)67-70-68(44-19-5-2-6-20-44)72-69(71-67)45-31-35-51-52-36-32-46(40-58(52)50-22-8-7-21-49(50)57(51)39-45)75-65-37-33-47(73-61-27-13-9-23-53(61)54-24-10-14-28-62(54)73)41-59(65)60-42-48(34-38-66(60)75)74-63-29-15-11-25-55(63)56-26-12-16-30-64(56)74;1-3-17-39(18-4-1)61-64-62(40-19-5-2-6-20-40)66-63(65-61)49-27-15-25-47-48-26-16-32-58(60(48)70-59(47)49)69-56-35-33-41(67-52-28-11-7-21-43(52)44-22-8-12-29-53(44)67)37-50(56)51-38-42(34-36-57(51)69)68-54-30-13-9-23-45(54)46-24-10-14-31-55(46)68/h1-42H;1-38H. The van der Waals surface area contributed by atoms with Crippen molar-refractivity contribution in [1.29, 1.82) is 0 Å². The number of rotatable bonds is 12. The lowest BCUT2D eigenvalue weighted by molar-refractivity contribution is 0.667. The van der Waals surface area contributed by atoms with Gasteiger partial charge in [-0.15, -0.1) is 0 Å². The fourth-order valence-electron chi connectivity index (χ4n) is 23.1. The summed E-state index contributed by atoms with van der Waals surface area (Å²) in [5, 5.41) is 23.6. The van der Waals surface area contributed by atoms with Gasteiger partial charge in [0.15, 0.2) is 40.5 Å². The maximum atomic E-state index is 7.21. The summed E-state index contributed by atoms with van der Waals surface area (Å²) in [5.74, 6) is 3.68. The molecule has 0 saturated heterocycles. The number of aromatic nitrogens is 12. The SMILES string of the molecule is c1ccc(-c2nc(-c3ccccc3)nc(-c3ccc4c5ccc(-n6c7ccc(-n8c9ccccc9c9ccccc98)cc7c7cc(-n8c9ccccc9c9ccccc98)ccc76)cc5c5ccccc5c4c3)n2)cc1.c1ccc(-c2nc(-c3ccccc3)nc(-c3cccc4c3oc3c(-n5c6ccc(-n7c8ccccc8c8ccccc87)cc6c6cc(-n7c8ccccc8c8ccccc87)ccc65)cccc34)n2)cc1. The molecule has 0 fully saturated rings. The van der Waals surface area contributed by atoms with Crippen molar-refractivity contribution < 1.29 is 4.42 Å². The van der Waals surface area contributed by atoms with E-state index in [2.05, 4.69) is 416 Å². The van der Waals surface area contributed by atoms with Crippen LogP contribution in [0.15, 0.2) is 490 Å². The largest absolute Gasteiger partial charge is 0.453 e. The van der Waals surface area contributed by atoms with Crippen molar-refractivity contribution in [2.75, 3.05) is 0 Å². The molecule has 0 amide bonds. The highest BCUT2D eigenvalue weighted by Crippen LogP contribution is 2.48. The van der Waals surface area contributed by atoms with Crippen molar-refractivity contribution in [2.45, 2.75) is 0 Å². The highest BCUT2D eigenvalue weighted by Gasteiger charge is 2.28. The first-order valence-electron chi connectivity index (χ1n) is 49.1. The fraction of sp³-hybridized carbons (Fsp3) is 0. The first kappa shape index (κ1) is 81.3. The molecule has 0 radical (unpaired) electrons. The zero-order chi connectivity index (χ0) is 95.0. The lowest BCUT2D eigenvalue weighted by Crippen LogP contribution is -2.00. The van der Waals surface area contributed by atoms with E-state index in [1.165, 1.54) is 125 Å². The van der Waals surface area contributed by atoms with E-state index >= 15 is 0 Å². The highest BCUT2D eigenvalue weighted by molar-refractivity contribution is 6.27. The van der Waals surface area contributed by atoms with Crippen LogP contribution < -0.4 is 0 Å². The van der Waals surface area contributed by atoms with E-state index in [1.807, 2.05) is 97.1 Å². The van der Waals surface area contributed by atoms with E-state index in [9.17, 15) is 0 Å². The van der Waals surface area contributed by atoms with E-state index in [1.54, 1.807) is 0 Å². The van der Waals surface area contributed by atoms with Crippen molar-refractivity contribution in [1.82, 2.24) is 57.3 Å². The van der Waals surface area contributed by atoms with Gasteiger partial charge in [0.2, 0.25) is 0 Å². The zero-order valence-electron chi connectivity index (χ0n) is 78.0. The molecule has 13 heteroatoms. The molecule has 0 aliphatic carbocycles. The zero-order valence-corrected chi connectivity index (χ0v) is 78.0. The minimum Gasteiger partial charge on any atom is -0.453 e. The summed E-state index contributed by atoms with van der Waals surface area (Å²) < 4.78 is 21.7. The summed E-state index contributed by atoms with van der Waals surface area (Å²) >= 11 is 0. The molecule has 0 saturated carbocycles. The molecular formula is C132H80N12O. The summed E-state index contributed by atoms with van der Waals surface area (Å²) in [6.07, 6.45) is 0. The Kier molecular flexibility index (Phi) is 18.2. The molecule has 0 N–H and O–H groups in total. The number of furan rings is 1. The van der Waals surface area contributed by atoms with E-state index in [-0.39, 0.29) is 0 Å². The fourth-order valence-corrected chi connectivity index (χ4v) is 23.1. The molecule has 145 heavy (non-hydrogen) atoms. The maximum Gasteiger partial charge on any atom is 0.167 e. The Morgan fingerprint density at radius 1 is 0.131 bits per heavy atom. The number of hydrogen-bond donors (Lipinski definition) is 0. The van der Waals surface area contributed by atoms with Crippen LogP contribution in [0.1, 0.15) is 0 Å². The first-order valence-corrected chi connectivity index (χ1v) is 49.1.